The molecule has 0 amide bonds. The van der Waals surface area contributed by atoms with Gasteiger partial charge in [-0.2, -0.15) is 0 Å². The lowest BCUT2D eigenvalue weighted by molar-refractivity contribution is -0.00000785. The van der Waals surface area contributed by atoms with Crippen molar-refractivity contribution < 1.29 is 12.4 Å². The van der Waals surface area contributed by atoms with Gasteiger partial charge in [0.15, 0.2) is 0 Å². The largest absolute Gasteiger partial charge is 1.00 e. The molecular formula is C33H70ClP. The molecule has 0 fully saturated rings. The number of hydrogen-bond donors (Lipinski definition) is 0. The summed E-state index contributed by atoms with van der Waals surface area (Å²) in [6.07, 6.45) is 43.1. The third-order valence-electron chi connectivity index (χ3n) is 7.68. The first kappa shape index (κ1) is 37.9. The van der Waals surface area contributed by atoms with Gasteiger partial charge in [0.05, 0.1) is 6.16 Å². The van der Waals surface area contributed by atoms with Gasteiger partial charge >= 0.3 is 0 Å². The molecule has 0 aliphatic rings. The van der Waals surface area contributed by atoms with Gasteiger partial charge in [-0.25, -0.2) is 0 Å². The van der Waals surface area contributed by atoms with Crippen LogP contribution in [0.25, 0.3) is 0 Å². The van der Waals surface area contributed by atoms with Crippen molar-refractivity contribution in [3.63, 3.8) is 0 Å². The normalized spacial score (nSPS) is 11.7. The Morgan fingerprint density at radius 3 is 0.629 bits per heavy atom. The lowest BCUT2D eigenvalue weighted by Gasteiger charge is -2.10. The second-order valence-corrected chi connectivity index (χ2v) is 17.6. The van der Waals surface area contributed by atoms with Crippen LogP contribution in [0.15, 0.2) is 0 Å². The van der Waals surface area contributed by atoms with Crippen molar-refractivity contribution in [3.8, 4) is 0 Å². The number of rotatable bonds is 29. The summed E-state index contributed by atoms with van der Waals surface area (Å²) in [5, 5.41) is 0. The van der Waals surface area contributed by atoms with Gasteiger partial charge in [-0.1, -0.05) is 174 Å². The van der Waals surface area contributed by atoms with Crippen LogP contribution in [0.3, 0.4) is 0 Å². The quantitative estimate of drug-likeness (QED) is 0.0663. The monoisotopic (exact) mass is 532 g/mol. The van der Waals surface area contributed by atoms with E-state index in [2.05, 4.69) is 26.9 Å². The van der Waals surface area contributed by atoms with Crippen molar-refractivity contribution in [3.05, 3.63) is 0 Å². The molecule has 0 heterocycles. The summed E-state index contributed by atoms with van der Waals surface area (Å²) in [7, 11) is -0.517. The summed E-state index contributed by atoms with van der Waals surface area (Å²) < 4.78 is 0. The summed E-state index contributed by atoms with van der Waals surface area (Å²) in [6, 6.07) is 0. The van der Waals surface area contributed by atoms with Gasteiger partial charge in [0.25, 0.3) is 0 Å². The number of hydrogen-bond acceptors (Lipinski definition) is 0. The number of halogens is 1. The van der Waals surface area contributed by atoms with E-state index in [4.69, 9.17) is 0 Å². The van der Waals surface area contributed by atoms with Crippen molar-refractivity contribution >= 4 is 7.26 Å². The van der Waals surface area contributed by atoms with E-state index in [1.807, 2.05) is 0 Å². The van der Waals surface area contributed by atoms with Gasteiger partial charge in [0, 0.05) is 27.3 Å². The fourth-order valence-corrected chi connectivity index (χ4v) is 6.43. The van der Waals surface area contributed by atoms with E-state index in [1.165, 1.54) is 186 Å². The highest BCUT2D eigenvalue weighted by Gasteiger charge is 2.15. The lowest BCUT2D eigenvalue weighted by Crippen LogP contribution is -3.00. The first-order valence-corrected chi connectivity index (χ1v) is 19.7. The Balaban J connectivity index is 0. The van der Waals surface area contributed by atoms with Crippen LogP contribution in [-0.4, -0.2) is 26.2 Å². The minimum atomic E-state index is -0.517. The maximum atomic E-state index is 2.48. The molecule has 0 aromatic carbocycles. The van der Waals surface area contributed by atoms with Gasteiger partial charge in [-0.05, 0) is 12.8 Å². The van der Waals surface area contributed by atoms with E-state index in [0.717, 1.165) is 0 Å². The molecule has 0 nitrogen and oxygen atoms in total. The van der Waals surface area contributed by atoms with Crippen LogP contribution >= 0.6 is 7.26 Å². The van der Waals surface area contributed by atoms with E-state index in [1.54, 1.807) is 0 Å². The van der Waals surface area contributed by atoms with Crippen LogP contribution in [0.5, 0.6) is 0 Å². The third kappa shape index (κ3) is 36.9. The molecule has 0 saturated heterocycles. The van der Waals surface area contributed by atoms with Crippen molar-refractivity contribution in [2.24, 2.45) is 0 Å². The first-order chi connectivity index (χ1) is 16.6. The molecule has 0 bridgehead atoms. The maximum Gasteiger partial charge on any atom is 0.0586 e. The van der Waals surface area contributed by atoms with Crippen LogP contribution < -0.4 is 12.4 Å². The zero-order valence-electron chi connectivity index (χ0n) is 25.3. The lowest BCUT2D eigenvalue weighted by atomic mass is 10.0. The second kappa shape index (κ2) is 30.9. The molecule has 0 saturated carbocycles. The molecule has 0 aromatic rings. The smallest absolute Gasteiger partial charge is 0.0586 e. The third-order valence-corrected chi connectivity index (χ3v) is 9.34. The molecule has 0 aromatic heterocycles. The Hall–Kier alpha value is 0.720. The summed E-state index contributed by atoms with van der Waals surface area (Å²) in [6.45, 7) is 9.75. The molecule has 0 N–H and O–H groups in total. The minimum Gasteiger partial charge on any atom is -1.00 e. The molecule has 35 heavy (non-hydrogen) atoms. The summed E-state index contributed by atoms with van der Waals surface area (Å²) >= 11 is 0. The van der Waals surface area contributed by atoms with E-state index < -0.39 is 7.26 Å². The Morgan fingerprint density at radius 1 is 0.286 bits per heavy atom. The van der Waals surface area contributed by atoms with Crippen LogP contribution in [-0.2, 0) is 0 Å². The first-order valence-electron chi connectivity index (χ1n) is 16.4. The molecule has 0 aliphatic heterocycles. The van der Waals surface area contributed by atoms with Crippen molar-refractivity contribution in [2.45, 2.75) is 187 Å². The average molecular weight is 533 g/mol. The van der Waals surface area contributed by atoms with Gasteiger partial charge in [0.1, 0.15) is 0 Å². The van der Waals surface area contributed by atoms with Crippen molar-refractivity contribution in [1.82, 2.24) is 0 Å². The fraction of sp³-hybridized carbons (Fsp3) is 1.00. The van der Waals surface area contributed by atoms with Gasteiger partial charge in [0.2, 0.25) is 0 Å². The zero-order chi connectivity index (χ0) is 25.0. The minimum absolute atomic E-state index is 0. The highest BCUT2D eigenvalue weighted by atomic mass is 35.5. The molecule has 0 unspecified atom stereocenters. The molecule has 0 atom stereocenters. The summed E-state index contributed by atoms with van der Waals surface area (Å²) in [5.41, 5.74) is 0. The average Bonchev–Trinajstić information content (AvgIpc) is 2.80. The van der Waals surface area contributed by atoms with Gasteiger partial charge in [-0.15, -0.1) is 0 Å². The SMILES string of the molecule is CCCCCCCCCCCCCCCCCCCCCCCCCCCCCC[P+](C)(C)C.[Cl-]. The standard InChI is InChI=1S/C33H70P.ClH/c1-5-6-7-8-9-10-11-12-13-14-15-16-17-18-19-20-21-22-23-24-25-26-27-28-29-30-31-32-33-34(2,3)4;/h5-33H2,1-4H3;1H/q+1;/p-1. The van der Waals surface area contributed by atoms with Crippen LogP contribution in [0.1, 0.15) is 187 Å². The van der Waals surface area contributed by atoms with Gasteiger partial charge in [-0.3, -0.25) is 0 Å². The second-order valence-electron chi connectivity index (χ2n) is 12.6. The topological polar surface area (TPSA) is 0 Å². The number of unbranched alkanes of at least 4 members (excludes halogenated alkanes) is 27. The van der Waals surface area contributed by atoms with Crippen molar-refractivity contribution in [1.29, 1.82) is 0 Å². The highest BCUT2D eigenvalue weighted by molar-refractivity contribution is 7.73. The summed E-state index contributed by atoms with van der Waals surface area (Å²) in [5.74, 6) is 0. The van der Waals surface area contributed by atoms with Crippen LogP contribution in [0, 0.1) is 0 Å². The van der Waals surface area contributed by atoms with E-state index >= 15 is 0 Å². The zero-order valence-corrected chi connectivity index (χ0v) is 27.0. The van der Waals surface area contributed by atoms with Gasteiger partial charge < -0.3 is 12.4 Å². The highest BCUT2D eigenvalue weighted by Crippen LogP contribution is 2.47. The van der Waals surface area contributed by atoms with E-state index in [0.29, 0.717) is 0 Å². The Bertz CT molecular complexity index is 363. The van der Waals surface area contributed by atoms with E-state index in [-0.39, 0.29) is 12.4 Å². The molecule has 214 valence electrons. The predicted molar refractivity (Wildman–Crippen MR) is 165 cm³/mol. The molecule has 0 spiro atoms. The van der Waals surface area contributed by atoms with Crippen LogP contribution in [0.2, 0.25) is 0 Å². The fourth-order valence-electron chi connectivity index (χ4n) is 5.26. The Kier molecular flexibility index (Phi) is 33.5. The Labute approximate surface area is 232 Å². The Morgan fingerprint density at radius 2 is 0.457 bits per heavy atom. The molecular weight excluding hydrogens is 463 g/mol. The molecule has 0 radical (unpaired) electrons. The van der Waals surface area contributed by atoms with E-state index in [9.17, 15) is 0 Å². The predicted octanol–water partition coefficient (Wildman–Crippen LogP) is 9.84. The molecule has 0 aliphatic carbocycles. The summed E-state index contributed by atoms with van der Waals surface area (Å²) in [4.78, 5) is 0. The van der Waals surface area contributed by atoms with Crippen LogP contribution in [0.4, 0.5) is 0 Å². The maximum absolute atomic E-state index is 2.48. The molecule has 2 heteroatoms. The van der Waals surface area contributed by atoms with Crippen molar-refractivity contribution in [2.75, 3.05) is 26.2 Å². The molecule has 0 rings (SSSR count).